The largest absolute Gasteiger partial charge is 0.483 e. The molecule has 1 unspecified atom stereocenters. The topological polar surface area (TPSA) is 92.8 Å². The average Bonchev–Trinajstić information content (AvgIpc) is 3.38. The monoisotopic (exact) mass is 509 g/mol. The minimum Gasteiger partial charge on any atom is -0.483 e. The van der Waals surface area contributed by atoms with Crippen LogP contribution in [0.4, 0.5) is 5.00 Å². The lowest BCUT2D eigenvalue weighted by molar-refractivity contribution is -0.113. The number of hydrogen-bond acceptors (Lipinski definition) is 7. The molecule has 35 heavy (non-hydrogen) atoms. The van der Waals surface area contributed by atoms with Gasteiger partial charge in [0.15, 0.2) is 17.1 Å². The number of anilines is 1. The number of amides is 1. The van der Waals surface area contributed by atoms with E-state index in [2.05, 4.69) is 21.6 Å². The number of carbonyl (C=O) groups is 1. The highest BCUT2D eigenvalue weighted by molar-refractivity contribution is 7.99. The summed E-state index contributed by atoms with van der Waals surface area (Å²) in [4.78, 5) is 14.1. The van der Waals surface area contributed by atoms with Crippen LogP contribution in [0.1, 0.15) is 73.0 Å². The fourth-order valence-corrected chi connectivity index (χ4v) is 6.43. The van der Waals surface area contributed by atoms with Crippen LogP contribution in [0.25, 0.3) is 0 Å². The number of aryl methyl sites for hydroxylation is 2. The van der Waals surface area contributed by atoms with E-state index < -0.39 is 0 Å². The molecule has 0 spiro atoms. The first-order valence-corrected chi connectivity index (χ1v) is 13.9. The second-order valence-electron chi connectivity index (χ2n) is 8.73. The minimum absolute atomic E-state index is 0.142. The normalized spacial score (nSPS) is 14.3. The highest BCUT2D eigenvalue weighted by atomic mass is 32.2. The van der Waals surface area contributed by atoms with Crippen molar-refractivity contribution in [3.63, 3.8) is 0 Å². The van der Waals surface area contributed by atoms with Gasteiger partial charge >= 0.3 is 0 Å². The Balaban J connectivity index is 1.41. The number of nitriles is 1. The van der Waals surface area contributed by atoms with Crippen molar-refractivity contribution in [2.45, 2.75) is 77.1 Å². The molecule has 3 aromatic rings. The molecule has 1 aliphatic carbocycles. The van der Waals surface area contributed by atoms with E-state index in [-0.39, 0.29) is 17.8 Å². The first kappa shape index (κ1) is 25.3. The molecule has 0 saturated carbocycles. The first-order valence-electron chi connectivity index (χ1n) is 12.1. The van der Waals surface area contributed by atoms with Crippen LogP contribution in [0, 0.1) is 18.3 Å². The van der Waals surface area contributed by atoms with Crippen LogP contribution in [-0.4, -0.2) is 26.4 Å². The summed E-state index contributed by atoms with van der Waals surface area (Å²) in [5.41, 5.74) is 2.91. The Morgan fingerprint density at radius 2 is 2.09 bits per heavy atom. The number of carbonyl (C=O) groups excluding carboxylic acids is 1. The molecule has 2 aromatic heterocycles. The Kier molecular flexibility index (Phi) is 8.47. The van der Waals surface area contributed by atoms with Crippen molar-refractivity contribution < 1.29 is 9.53 Å². The Morgan fingerprint density at radius 3 is 2.83 bits per heavy atom. The van der Waals surface area contributed by atoms with Crippen molar-refractivity contribution in [3.8, 4) is 11.8 Å². The second-order valence-corrected chi connectivity index (χ2v) is 10.8. The van der Waals surface area contributed by atoms with Crippen molar-refractivity contribution in [2.24, 2.45) is 0 Å². The first-order chi connectivity index (χ1) is 17.0. The van der Waals surface area contributed by atoms with E-state index in [1.54, 1.807) is 11.3 Å². The van der Waals surface area contributed by atoms with Crippen molar-refractivity contribution in [1.29, 1.82) is 5.26 Å². The van der Waals surface area contributed by atoms with Crippen LogP contribution in [0.5, 0.6) is 5.75 Å². The third kappa shape index (κ3) is 6.06. The number of nitrogens with zero attached hydrogens (tertiary/aromatic N) is 4. The third-order valence-corrected chi connectivity index (χ3v) is 8.27. The van der Waals surface area contributed by atoms with Gasteiger partial charge in [0.25, 0.3) is 0 Å². The highest BCUT2D eigenvalue weighted by Crippen LogP contribution is 2.36. The third-order valence-electron chi connectivity index (χ3n) is 6.10. The van der Waals surface area contributed by atoms with Gasteiger partial charge in [-0.1, -0.05) is 36.7 Å². The molecule has 0 bridgehead atoms. The molecule has 0 saturated heterocycles. The van der Waals surface area contributed by atoms with Crippen LogP contribution in [0.15, 0.2) is 29.4 Å². The van der Waals surface area contributed by atoms with Gasteiger partial charge in [0.2, 0.25) is 5.91 Å². The van der Waals surface area contributed by atoms with E-state index in [0.29, 0.717) is 22.3 Å². The molecule has 9 heteroatoms. The van der Waals surface area contributed by atoms with Crippen LogP contribution in [0.2, 0.25) is 0 Å². The van der Waals surface area contributed by atoms with Gasteiger partial charge in [-0.2, -0.15) is 5.26 Å². The average molecular weight is 510 g/mol. The van der Waals surface area contributed by atoms with E-state index in [1.807, 2.05) is 49.6 Å². The number of ether oxygens (including phenoxy) is 1. The van der Waals surface area contributed by atoms with Gasteiger partial charge < -0.3 is 14.6 Å². The minimum atomic E-state index is -0.281. The molecule has 1 aliphatic rings. The molecule has 7 nitrogen and oxygen atoms in total. The number of nitrogens with one attached hydrogen (secondary N) is 1. The van der Waals surface area contributed by atoms with Gasteiger partial charge in [-0.05, 0) is 69.7 Å². The van der Waals surface area contributed by atoms with E-state index >= 15 is 0 Å². The lowest BCUT2D eigenvalue weighted by atomic mass is 9.97. The molecule has 184 valence electrons. The van der Waals surface area contributed by atoms with Crippen molar-refractivity contribution in [3.05, 3.63) is 51.7 Å². The van der Waals surface area contributed by atoms with Gasteiger partial charge in [0.05, 0.1) is 11.3 Å². The number of rotatable bonds is 8. The zero-order valence-corrected chi connectivity index (χ0v) is 22.1. The highest BCUT2D eigenvalue weighted by Gasteiger charge is 2.22. The van der Waals surface area contributed by atoms with Crippen LogP contribution in [0.3, 0.4) is 0 Å². The van der Waals surface area contributed by atoms with Crippen molar-refractivity contribution >= 4 is 34.0 Å². The standard InChI is InChI=1S/C26H31N5O2S2/c1-4-31-24(18(3)33-19-11-9-10-17(2)14-19)29-30-26(31)34-16-23(32)28-25-21(15-27)20-12-7-5-6-8-13-22(20)35-25/h9-11,14,18H,4-8,12-13,16H2,1-3H3,(H,28,32). The van der Waals surface area contributed by atoms with Crippen LogP contribution < -0.4 is 10.1 Å². The molecule has 4 rings (SSSR count). The van der Waals surface area contributed by atoms with Gasteiger partial charge in [-0.3, -0.25) is 4.79 Å². The quantitative estimate of drug-likeness (QED) is 0.371. The molecule has 1 N–H and O–H groups in total. The molecule has 0 aliphatic heterocycles. The second kappa shape index (κ2) is 11.7. The maximum atomic E-state index is 12.8. The molecule has 0 radical (unpaired) electrons. The summed E-state index contributed by atoms with van der Waals surface area (Å²) in [6.07, 6.45) is 6.30. The summed E-state index contributed by atoms with van der Waals surface area (Å²) < 4.78 is 8.07. The fourth-order valence-electron chi connectivity index (χ4n) is 4.37. The van der Waals surface area contributed by atoms with Gasteiger partial charge in [-0.15, -0.1) is 21.5 Å². The fraction of sp³-hybridized carbons (Fsp3) is 0.462. The summed E-state index contributed by atoms with van der Waals surface area (Å²) in [7, 11) is 0. The smallest absolute Gasteiger partial charge is 0.235 e. The lowest BCUT2D eigenvalue weighted by Gasteiger charge is -2.16. The maximum absolute atomic E-state index is 12.8. The number of thioether (sulfide) groups is 1. The van der Waals surface area contributed by atoms with E-state index in [9.17, 15) is 10.1 Å². The zero-order valence-electron chi connectivity index (χ0n) is 20.5. The molecular weight excluding hydrogens is 478 g/mol. The lowest BCUT2D eigenvalue weighted by Crippen LogP contribution is -2.15. The number of thiophene rings is 1. The van der Waals surface area contributed by atoms with Gasteiger partial charge in [0, 0.05) is 11.4 Å². The molecule has 1 amide bonds. The summed E-state index contributed by atoms with van der Waals surface area (Å²) in [5, 5.41) is 22.8. The van der Waals surface area contributed by atoms with Crippen LogP contribution >= 0.6 is 23.1 Å². The SMILES string of the molecule is CCn1c(SCC(=O)Nc2sc3c(c2C#N)CCCCCC3)nnc1C(C)Oc1cccc(C)c1. The Labute approximate surface area is 214 Å². The number of hydrogen-bond donors (Lipinski definition) is 1. The van der Waals surface area contributed by atoms with Crippen molar-refractivity contribution in [2.75, 3.05) is 11.1 Å². The Hall–Kier alpha value is -2.83. The van der Waals surface area contributed by atoms with Crippen molar-refractivity contribution in [1.82, 2.24) is 14.8 Å². The van der Waals surface area contributed by atoms with E-state index in [4.69, 9.17) is 4.74 Å². The number of benzene rings is 1. The molecule has 2 heterocycles. The predicted molar refractivity (Wildman–Crippen MR) is 140 cm³/mol. The van der Waals surface area contributed by atoms with Gasteiger partial charge in [0.1, 0.15) is 16.8 Å². The summed E-state index contributed by atoms with van der Waals surface area (Å²) in [6.45, 7) is 6.67. The van der Waals surface area contributed by atoms with E-state index in [1.165, 1.54) is 29.5 Å². The molecular formula is C26H31N5O2S2. The van der Waals surface area contributed by atoms with Gasteiger partial charge in [-0.25, -0.2) is 0 Å². The summed E-state index contributed by atoms with van der Waals surface area (Å²) in [5.74, 6) is 1.56. The maximum Gasteiger partial charge on any atom is 0.235 e. The van der Waals surface area contributed by atoms with Crippen LogP contribution in [-0.2, 0) is 24.2 Å². The zero-order chi connectivity index (χ0) is 24.8. The Bertz CT molecular complexity index is 1230. The van der Waals surface area contributed by atoms with E-state index in [0.717, 1.165) is 48.4 Å². The number of aromatic nitrogens is 3. The molecule has 1 atom stereocenters. The Morgan fingerprint density at radius 1 is 1.29 bits per heavy atom. The predicted octanol–water partition coefficient (Wildman–Crippen LogP) is 6.07. The summed E-state index contributed by atoms with van der Waals surface area (Å²) in [6, 6.07) is 10.2. The summed E-state index contributed by atoms with van der Waals surface area (Å²) >= 11 is 2.91. The number of fused-ring (bicyclic) bond motifs is 1. The molecule has 1 aromatic carbocycles. The molecule has 0 fully saturated rings.